The number of anilines is 1. The average Bonchev–Trinajstić information content (AvgIpc) is 2.37. The van der Waals surface area contributed by atoms with Crippen molar-refractivity contribution < 1.29 is 4.39 Å². The number of hydrogen-bond acceptors (Lipinski definition) is 1. The van der Waals surface area contributed by atoms with Crippen LogP contribution in [0.25, 0.3) is 0 Å². The molecule has 1 N–H and O–H groups in total. The molecule has 1 saturated carbocycles. The smallest absolute Gasteiger partial charge is 0.146 e. The molecule has 0 radical (unpaired) electrons. The predicted octanol–water partition coefficient (Wildman–Crippen LogP) is 4.80. The number of nitrogens with one attached hydrogen (secondary N) is 1. The van der Waals surface area contributed by atoms with E-state index in [1.54, 1.807) is 6.07 Å². The lowest BCUT2D eigenvalue weighted by atomic mass is 9.74. The molecule has 0 unspecified atom stereocenters. The van der Waals surface area contributed by atoms with Crippen molar-refractivity contribution in [3.63, 3.8) is 0 Å². The summed E-state index contributed by atoms with van der Waals surface area (Å²) in [5, 5.41) is 3.32. The average molecular weight is 269 g/mol. The molecule has 0 saturated heterocycles. The lowest BCUT2D eigenvalue weighted by Gasteiger charge is -2.37. The van der Waals surface area contributed by atoms with Crippen molar-refractivity contribution in [1.82, 2.24) is 0 Å². The summed E-state index contributed by atoms with van der Waals surface area (Å²) in [5.74, 6) is 0.464. The summed E-state index contributed by atoms with van der Waals surface area (Å²) in [7, 11) is 0. The predicted molar refractivity (Wildman–Crippen MR) is 81.7 cm³/mol. The van der Waals surface area contributed by atoms with Gasteiger partial charge in [-0.2, -0.15) is 0 Å². The Kier molecular flexibility index (Phi) is 3.47. The van der Waals surface area contributed by atoms with Crippen LogP contribution in [0, 0.1) is 19.7 Å². The van der Waals surface area contributed by atoms with Crippen LogP contribution in [0.2, 0.25) is 0 Å². The van der Waals surface area contributed by atoms with Gasteiger partial charge < -0.3 is 5.32 Å². The molecule has 0 aliphatic heterocycles. The lowest BCUT2D eigenvalue weighted by Crippen LogP contribution is -2.34. The largest absolute Gasteiger partial charge is 0.380 e. The maximum Gasteiger partial charge on any atom is 0.146 e. The van der Waals surface area contributed by atoms with Crippen LogP contribution in [-0.4, -0.2) is 6.04 Å². The first-order valence-electron chi connectivity index (χ1n) is 7.21. The Balaban J connectivity index is 1.62. The van der Waals surface area contributed by atoms with Crippen LogP contribution < -0.4 is 5.32 Å². The summed E-state index contributed by atoms with van der Waals surface area (Å²) in [6.07, 6.45) is 2.16. The Morgan fingerprint density at radius 2 is 1.80 bits per heavy atom. The fourth-order valence-corrected chi connectivity index (χ4v) is 2.99. The van der Waals surface area contributed by atoms with E-state index in [1.807, 2.05) is 19.1 Å². The molecular weight excluding hydrogens is 249 g/mol. The highest BCUT2D eigenvalue weighted by atomic mass is 19.1. The summed E-state index contributed by atoms with van der Waals surface area (Å²) in [6.45, 7) is 4.07. The Morgan fingerprint density at radius 3 is 2.50 bits per heavy atom. The number of halogens is 1. The molecule has 2 aromatic rings. The molecule has 0 bridgehead atoms. The fourth-order valence-electron chi connectivity index (χ4n) is 2.99. The van der Waals surface area contributed by atoms with Crippen molar-refractivity contribution >= 4 is 5.69 Å². The van der Waals surface area contributed by atoms with Gasteiger partial charge in [-0.05, 0) is 61.4 Å². The zero-order valence-corrected chi connectivity index (χ0v) is 12.0. The fraction of sp³-hybridized carbons (Fsp3) is 0.333. The minimum atomic E-state index is -0.149. The molecule has 0 spiro atoms. The summed E-state index contributed by atoms with van der Waals surface area (Å²) in [4.78, 5) is 0. The third-order valence-electron chi connectivity index (χ3n) is 4.25. The van der Waals surface area contributed by atoms with E-state index in [2.05, 4.69) is 36.5 Å². The molecule has 1 fully saturated rings. The van der Waals surface area contributed by atoms with Crippen LogP contribution in [0.3, 0.4) is 0 Å². The minimum Gasteiger partial charge on any atom is -0.380 e. The van der Waals surface area contributed by atoms with Crippen LogP contribution >= 0.6 is 0 Å². The number of rotatable bonds is 3. The van der Waals surface area contributed by atoms with Crippen LogP contribution in [-0.2, 0) is 0 Å². The van der Waals surface area contributed by atoms with Gasteiger partial charge in [0.05, 0.1) is 5.69 Å². The summed E-state index contributed by atoms with van der Waals surface area (Å²) >= 11 is 0. The Labute approximate surface area is 119 Å². The van der Waals surface area contributed by atoms with E-state index in [-0.39, 0.29) is 5.82 Å². The minimum absolute atomic E-state index is 0.149. The second-order valence-corrected chi connectivity index (χ2v) is 5.85. The van der Waals surface area contributed by atoms with Gasteiger partial charge in [0.15, 0.2) is 0 Å². The van der Waals surface area contributed by atoms with Gasteiger partial charge in [-0.15, -0.1) is 0 Å². The normalized spacial score (nSPS) is 21.4. The monoisotopic (exact) mass is 269 g/mol. The maximum absolute atomic E-state index is 13.8. The van der Waals surface area contributed by atoms with Crippen LogP contribution in [0.15, 0.2) is 42.5 Å². The highest BCUT2D eigenvalue weighted by molar-refractivity contribution is 5.48. The lowest BCUT2D eigenvalue weighted by molar-refractivity contribution is 0.371. The first-order valence-corrected chi connectivity index (χ1v) is 7.21. The summed E-state index contributed by atoms with van der Waals surface area (Å²) in [5.41, 5.74) is 4.38. The van der Waals surface area contributed by atoms with Gasteiger partial charge in [0.25, 0.3) is 0 Å². The molecule has 1 aliphatic carbocycles. The van der Waals surface area contributed by atoms with E-state index >= 15 is 0 Å². The van der Waals surface area contributed by atoms with Gasteiger partial charge in [0.2, 0.25) is 0 Å². The standard InChI is InChI=1S/C18H20FN/c1-12-7-8-18(17(19)9-12)20-15-10-14(11-15)16-6-4-3-5-13(16)2/h3-9,14-15,20H,10-11H2,1-2H3. The van der Waals surface area contributed by atoms with Crippen LogP contribution in [0.1, 0.15) is 35.4 Å². The highest BCUT2D eigenvalue weighted by Gasteiger charge is 2.31. The van der Waals surface area contributed by atoms with Crippen molar-refractivity contribution in [3.8, 4) is 0 Å². The van der Waals surface area contributed by atoms with Gasteiger partial charge in [-0.1, -0.05) is 30.3 Å². The summed E-state index contributed by atoms with van der Waals surface area (Å²) < 4.78 is 13.8. The maximum atomic E-state index is 13.8. The van der Waals surface area contributed by atoms with E-state index in [0.717, 1.165) is 18.4 Å². The van der Waals surface area contributed by atoms with E-state index in [4.69, 9.17) is 0 Å². The molecule has 20 heavy (non-hydrogen) atoms. The molecule has 0 heterocycles. The number of hydrogen-bond donors (Lipinski definition) is 1. The van der Waals surface area contributed by atoms with Gasteiger partial charge in [0, 0.05) is 6.04 Å². The second kappa shape index (κ2) is 5.28. The summed E-state index contributed by atoms with van der Waals surface area (Å²) in [6, 6.07) is 14.3. The van der Waals surface area contributed by atoms with Gasteiger partial charge in [-0.25, -0.2) is 4.39 Å². The van der Waals surface area contributed by atoms with Crippen molar-refractivity contribution in [1.29, 1.82) is 0 Å². The molecule has 1 nitrogen and oxygen atoms in total. The molecular formula is C18H20FN. The molecule has 2 aromatic carbocycles. The van der Waals surface area contributed by atoms with E-state index < -0.39 is 0 Å². The van der Waals surface area contributed by atoms with Crippen molar-refractivity contribution in [3.05, 3.63) is 65.0 Å². The molecule has 2 heteroatoms. The van der Waals surface area contributed by atoms with Gasteiger partial charge >= 0.3 is 0 Å². The quantitative estimate of drug-likeness (QED) is 0.844. The highest BCUT2D eigenvalue weighted by Crippen LogP contribution is 2.39. The zero-order chi connectivity index (χ0) is 14.1. The first-order chi connectivity index (χ1) is 9.63. The number of benzene rings is 2. The van der Waals surface area contributed by atoms with E-state index in [0.29, 0.717) is 17.6 Å². The molecule has 1 aliphatic rings. The molecule has 3 rings (SSSR count). The Morgan fingerprint density at radius 1 is 1.05 bits per heavy atom. The van der Waals surface area contributed by atoms with Crippen molar-refractivity contribution in [2.45, 2.75) is 38.6 Å². The third-order valence-corrected chi connectivity index (χ3v) is 4.25. The first kappa shape index (κ1) is 13.2. The van der Waals surface area contributed by atoms with Crippen molar-refractivity contribution in [2.75, 3.05) is 5.32 Å². The number of aryl methyl sites for hydroxylation is 2. The third kappa shape index (κ3) is 2.55. The molecule has 0 aromatic heterocycles. The molecule has 0 amide bonds. The van der Waals surface area contributed by atoms with Crippen LogP contribution in [0.5, 0.6) is 0 Å². The van der Waals surface area contributed by atoms with Crippen molar-refractivity contribution in [2.24, 2.45) is 0 Å². The van der Waals surface area contributed by atoms with E-state index in [9.17, 15) is 4.39 Å². The van der Waals surface area contributed by atoms with E-state index in [1.165, 1.54) is 11.1 Å². The molecule has 0 atom stereocenters. The van der Waals surface area contributed by atoms with Gasteiger partial charge in [0.1, 0.15) is 5.82 Å². The topological polar surface area (TPSA) is 12.0 Å². The Bertz CT molecular complexity index is 615. The van der Waals surface area contributed by atoms with Gasteiger partial charge in [-0.3, -0.25) is 0 Å². The Hall–Kier alpha value is -1.83. The second-order valence-electron chi connectivity index (χ2n) is 5.85. The zero-order valence-electron chi connectivity index (χ0n) is 12.0. The molecule has 104 valence electrons. The van der Waals surface area contributed by atoms with Crippen LogP contribution in [0.4, 0.5) is 10.1 Å². The SMILES string of the molecule is Cc1ccc(NC2CC(c3ccccc3C)C2)c(F)c1.